The van der Waals surface area contributed by atoms with Crippen molar-refractivity contribution in [1.82, 2.24) is 10.2 Å². The molecule has 1 aliphatic carbocycles. The van der Waals surface area contributed by atoms with Gasteiger partial charge in [-0.05, 0) is 33.1 Å². The van der Waals surface area contributed by atoms with Crippen molar-refractivity contribution in [2.24, 2.45) is 5.73 Å². The third kappa shape index (κ3) is 2.09. The Kier molecular flexibility index (Phi) is 2.71. The number of anilines is 1. The summed E-state index contributed by atoms with van der Waals surface area (Å²) in [6.07, 6.45) is 3.40. The highest BCUT2D eigenvalue weighted by molar-refractivity contribution is 5.91. The Labute approximate surface area is 94.8 Å². The summed E-state index contributed by atoms with van der Waals surface area (Å²) in [6, 6.07) is 0. The minimum atomic E-state index is -0.274. The molecular formula is C11H18N4O. The van der Waals surface area contributed by atoms with Crippen LogP contribution in [0.5, 0.6) is 0 Å². The molecule has 0 aromatic carbocycles. The summed E-state index contributed by atoms with van der Waals surface area (Å²) in [5, 5.41) is 9.66. The van der Waals surface area contributed by atoms with Crippen LogP contribution in [-0.4, -0.2) is 21.6 Å². The van der Waals surface area contributed by atoms with Gasteiger partial charge < -0.3 is 11.1 Å². The van der Waals surface area contributed by atoms with Gasteiger partial charge in [0.2, 0.25) is 5.91 Å². The number of amides is 1. The number of hydrogen-bond acceptors (Lipinski definition) is 3. The predicted molar refractivity (Wildman–Crippen MR) is 62.1 cm³/mol. The molecule has 2 rings (SSSR count). The predicted octanol–water partition coefficient (Wildman–Crippen LogP) is 1.24. The second-order valence-corrected chi connectivity index (χ2v) is 4.76. The Balaban J connectivity index is 1.94. The van der Waals surface area contributed by atoms with E-state index in [1.54, 1.807) is 0 Å². The first-order valence-corrected chi connectivity index (χ1v) is 5.60. The maximum atomic E-state index is 11.7. The third-order valence-corrected chi connectivity index (χ3v) is 3.37. The topological polar surface area (TPSA) is 83.8 Å². The van der Waals surface area contributed by atoms with Gasteiger partial charge in [0.25, 0.3) is 0 Å². The lowest BCUT2D eigenvalue weighted by Gasteiger charge is -2.37. The molecule has 0 radical (unpaired) electrons. The normalized spacial score (nSPS) is 17.9. The number of nitrogens with two attached hydrogens (primary N) is 1. The number of hydrogen-bond donors (Lipinski definition) is 3. The number of H-pyrrole nitrogens is 1. The molecule has 0 saturated heterocycles. The van der Waals surface area contributed by atoms with Crippen LogP contribution in [-0.2, 0) is 4.79 Å². The van der Waals surface area contributed by atoms with Gasteiger partial charge in [-0.1, -0.05) is 0 Å². The number of nitrogens with one attached hydrogen (secondary N) is 2. The molecule has 1 aromatic rings. The molecule has 1 amide bonds. The van der Waals surface area contributed by atoms with Crippen molar-refractivity contribution >= 4 is 11.7 Å². The maximum Gasteiger partial charge on any atom is 0.227 e. The van der Waals surface area contributed by atoms with Gasteiger partial charge >= 0.3 is 0 Å². The molecule has 4 N–H and O–H groups in total. The van der Waals surface area contributed by atoms with Gasteiger partial charge in [0.05, 0.1) is 0 Å². The molecule has 1 aromatic heterocycles. The van der Waals surface area contributed by atoms with Crippen LogP contribution >= 0.6 is 0 Å². The Morgan fingerprint density at radius 1 is 1.56 bits per heavy atom. The summed E-state index contributed by atoms with van der Waals surface area (Å²) >= 11 is 0. The lowest BCUT2D eigenvalue weighted by molar-refractivity contribution is -0.118. The summed E-state index contributed by atoms with van der Waals surface area (Å²) in [5.74, 6) is 0.572. The summed E-state index contributed by atoms with van der Waals surface area (Å²) in [7, 11) is 0. The van der Waals surface area contributed by atoms with Gasteiger partial charge in [-0.25, -0.2) is 0 Å². The second kappa shape index (κ2) is 3.90. The maximum absolute atomic E-state index is 11.7. The van der Waals surface area contributed by atoms with E-state index in [2.05, 4.69) is 15.5 Å². The van der Waals surface area contributed by atoms with E-state index in [9.17, 15) is 4.79 Å². The molecule has 5 heteroatoms. The second-order valence-electron chi connectivity index (χ2n) is 4.76. The van der Waals surface area contributed by atoms with E-state index in [0.717, 1.165) is 30.5 Å². The van der Waals surface area contributed by atoms with Crippen LogP contribution in [0.15, 0.2) is 0 Å². The van der Waals surface area contributed by atoms with Crippen molar-refractivity contribution in [3.05, 3.63) is 11.3 Å². The van der Waals surface area contributed by atoms with Gasteiger partial charge in [-0.2, -0.15) is 5.10 Å². The molecular weight excluding hydrogens is 204 g/mol. The highest BCUT2D eigenvalue weighted by atomic mass is 16.1. The van der Waals surface area contributed by atoms with Gasteiger partial charge in [0, 0.05) is 23.2 Å². The van der Waals surface area contributed by atoms with Crippen LogP contribution in [0.1, 0.15) is 36.9 Å². The minimum Gasteiger partial charge on any atom is -0.325 e. The zero-order valence-corrected chi connectivity index (χ0v) is 9.76. The number of carbonyl (C=O) groups excluding carboxylic acids is 1. The summed E-state index contributed by atoms with van der Waals surface area (Å²) in [5.41, 5.74) is 7.69. The standard InChI is InChI=1S/C11H18N4O/c1-7-8(2)14-15-10(7)13-9(16)6-11(12)4-3-5-11/h3-6,12H2,1-2H3,(H2,13,14,15,16). The molecule has 88 valence electrons. The van der Waals surface area contributed by atoms with E-state index in [1.807, 2.05) is 13.8 Å². The number of aromatic amines is 1. The van der Waals surface area contributed by atoms with Crippen molar-refractivity contribution in [3.63, 3.8) is 0 Å². The SMILES string of the molecule is Cc1[nH]nc(NC(=O)CC2(N)CCC2)c1C. The summed E-state index contributed by atoms with van der Waals surface area (Å²) in [4.78, 5) is 11.7. The quantitative estimate of drug-likeness (QED) is 0.719. The molecule has 1 saturated carbocycles. The van der Waals surface area contributed by atoms with Crippen LogP contribution in [0.25, 0.3) is 0 Å². The van der Waals surface area contributed by atoms with E-state index in [1.165, 1.54) is 0 Å². The van der Waals surface area contributed by atoms with Gasteiger partial charge in [0.15, 0.2) is 5.82 Å². The fourth-order valence-corrected chi connectivity index (χ4v) is 1.91. The van der Waals surface area contributed by atoms with Crippen LogP contribution in [0, 0.1) is 13.8 Å². The molecule has 0 spiro atoms. The Morgan fingerprint density at radius 2 is 2.25 bits per heavy atom. The lowest BCUT2D eigenvalue weighted by Crippen LogP contribution is -2.49. The van der Waals surface area contributed by atoms with Crippen LogP contribution < -0.4 is 11.1 Å². The largest absolute Gasteiger partial charge is 0.325 e. The molecule has 0 aliphatic heterocycles. The van der Waals surface area contributed by atoms with Crippen LogP contribution in [0.2, 0.25) is 0 Å². The Morgan fingerprint density at radius 3 is 2.69 bits per heavy atom. The number of nitrogens with zero attached hydrogens (tertiary/aromatic N) is 1. The van der Waals surface area contributed by atoms with Crippen molar-refractivity contribution < 1.29 is 4.79 Å². The van der Waals surface area contributed by atoms with Gasteiger partial charge in [-0.15, -0.1) is 0 Å². The molecule has 5 nitrogen and oxygen atoms in total. The van der Waals surface area contributed by atoms with Crippen molar-refractivity contribution in [2.75, 3.05) is 5.32 Å². The molecule has 1 fully saturated rings. The van der Waals surface area contributed by atoms with E-state index in [0.29, 0.717) is 12.2 Å². The van der Waals surface area contributed by atoms with Crippen molar-refractivity contribution in [2.45, 2.75) is 45.1 Å². The Hall–Kier alpha value is -1.36. The first-order chi connectivity index (χ1) is 7.50. The van der Waals surface area contributed by atoms with Crippen LogP contribution in [0.4, 0.5) is 5.82 Å². The Bertz CT molecular complexity index is 406. The van der Waals surface area contributed by atoms with E-state index in [4.69, 9.17) is 5.73 Å². The fraction of sp³-hybridized carbons (Fsp3) is 0.636. The first-order valence-electron chi connectivity index (χ1n) is 5.60. The van der Waals surface area contributed by atoms with Crippen LogP contribution in [0.3, 0.4) is 0 Å². The third-order valence-electron chi connectivity index (χ3n) is 3.37. The molecule has 0 atom stereocenters. The number of rotatable bonds is 3. The van der Waals surface area contributed by atoms with Crippen molar-refractivity contribution in [3.8, 4) is 0 Å². The summed E-state index contributed by atoms with van der Waals surface area (Å²) in [6.45, 7) is 3.85. The number of aryl methyl sites for hydroxylation is 1. The number of aromatic nitrogens is 2. The zero-order chi connectivity index (χ0) is 11.8. The minimum absolute atomic E-state index is 0.0446. The molecule has 1 aliphatic rings. The molecule has 0 bridgehead atoms. The smallest absolute Gasteiger partial charge is 0.227 e. The first kappa shape index (κ1) is 11.1. The highest BCUT2D eigenvalue weighted by Crippen LogP contribution is 2.32. The fourth-order valence-electron chi connectivity index (χ4n) is 1.91. The van der Waals surface area contributed by atoms with E-state index >= 15 is 0 Å². The van der Waals surface area contributed by atoms with Gasteiger partial charge in [-0.3, -0.25) is 9.89 Å². The number of carbonyl (C=O) groups is 1. The molecule has 16 heavy (non-hydrogen) atoms. The van der Waals surface area contributed by atoms with Crippen molar-refractivity contribution in [1.29, 1.82) is 0 Å². The molecule has 1 heterocycles. The van der Waals surface area contributed by atoms with Gasteiger partial charge in [0.1, 0.15) is 0 Å². The van der Waals surface area contributed by atoms with E-state index < -0.39 is 0 Å². The monoisotopic (exact) mass is 222 g/mol. The lowest BCUT2D eigenvalue weighted by atomic mass is 9.75. The average molecular weight is 222 g/mol. The molecule has 0 unspecified atom stereocenters. The highest BCUT2D eigenvalue weighted by Gasteiger charge is 2.34. The van der Waals surface area contributed by atoms with E-state index in [-0.39, 0.29) is 11.4 Å². The average Bonchev–Trinajstić information content (AvgIpc) is 2.47. The summed E-state index contributed by atoms with van der Waals surface area (Å²) < 4.78 is 0. The zero-order valence-electron chi connectivity index (χ0n) is 9.76.